The maximum Gasteiger partial charge on any atom is 0.410 e. The minimum absolute atomic E-state index is 0.163. The van der Waals surface area contributed by atoms with Gasteiger partial charge in [0.2, 0.25) is 8.32 Å². The van der Waals surface area contributed by atoms with Crippen molar-refractivity contribution in [3.63, 3.8) is 0 Å². The molecule has 57 heavy (non-hydrogen) atoms. The lowest BCUT2D eigenvalue weighted by Gasteiger charge is -2.50. The molecule has 9 nitrogen and oxygen atoms in total. The van der Waals surface area contributed by atoms with Crippen molar-refractivity contribution in [1.82, 2.24) is 4.90 Å². The van der Waals surface area contributed by atoms with Gasteiger partial charge >= 0.3 is 6.09 Å². The Labute approximate surface area is 341 Å². The van der Waals surface area contributed by atoms with Crippen LogP contribution in [0.2, 0.25) is 16.6 Å². The van der Waals surface area contributed by atoms with Crippen molar-refractivity contribution in [2.24, 2.45) is 0 Å². The van der Waals surface area contributed by atoms with Gasteiger partial charge in [0.25, 0.3) is 0 Å². The molecule has 0 saturated carbocycles. The first-order chi connectivity index (χ1) is 27.6. The second-order valence-electron chi connectivity index (χ2n) is 16.3. The lowest BCUT2D eigenvalue weighted by Crippen LogP contribution is -2.59. The van der Waals surface area contributed by atoms with E-state index in [0.717, 1.165) is 59.1 Å². The molecule has 4 aromatic rings. The molecule has 6 rings (SSSR count). The number of hydrogen-bond donors (Lipinski definition) is 0. The number of carbonyl (C=O) groups excluding carboxylic acids is 1. The highest BCUT2D eigenvalue weighted by molar-refractivity contribution is 6.77. The van der Waals surface area contributed by atoms with Gasteiger partial charge in [-0.05, 0) is 76.1 Å². The summed E-state index contributed by atoms with van der Waals surface area (Å²) >= 11 is 0. The van der Waals surface area contributed by atoms with Crippen molar-refractivity contribution in [1.29, 1.82) is 0 Å². The largest absolute Gasteiger partial charge is 0.490 e. The van der Waals surface area contributed by atoms with Gasteiger partial charge in [-0.3, -0.25) is 0 Å². The molecule has 2 aliphatic heterocycles. The molecule has 0 spiro atoms. The molecular formula is C47H62N2O7Si. The van der Waals surface area contributed by atoms with Crippen LogP contribution in [-0.2, 0) is 31.9 Å². The number of carbonyl (C=O) groups is 1. The highest BCUT2D eigenvalue weighted by Crippen LogP contribution is 2.46. The van der Waals surface area contributed by atoms with E-state index in [1.54, 1.807) is 12.0 Å². The first-order valence-electron chi connectivity index (χ1n) is 20.7. The van der Waals surface area contributed by atoms with Crippen molar-refractivity contribution < 1.29 is 32.9 Å². The third kappa shape index (κ3) is 10.4. The van der Waals surface area contributed by atoms with Crippen LogP contribution in [0.5, 0.6) is 17.2 Å². The van der Waals surface area contributed by atoms with Gasteiger partial charge in [0.05, 0.1) is 37.6 Å². The van der Waals surface area contributed by atoms with Crippen LogP contribution >= 0.6 is 0 Å². The Morgan fingerprint density at radius 2 is 1.42 bits per heavy atom. The number of ether oxygens (including phenoxy) is 5. The van der Waals surface area contributed by atoms with Crippen molar-refractivity contribution in [3.8, 4) is 17.2 Å². The van der Waals surface area contributed by atoms with Gasteiger partial charge in [-0.15, -0.1) is 0 Å². The zero-order valence-corrected chi connectivity index (χ0v) is 35.9. The second kappa shape index (κ2) is 19.9. The average Bonchev–Trinajstić information content (AvgIpc) is 3.21. The SMILES string of the molecule is COCCCN1CCOc2ccc(COC3CN(C(=O)OCc4ccccc4)CC(O[Si](C(C)C)(C(C)C)C(C)C)C3c3ccc(Oc4ccccc4)cc3)cc21. The molecule has 3 unspecified atom stereocenters. The lowest BCUT2D eigenvalue weighted by molar-refractivity contribution is -0.0663. The minimum Gasteiger partial charge on any atom is -0.490 e. The molecule has 1 saturated heterocycles. The number of para-hydroxylation sites is 1. The zero-order valence-electron chi connectivity index (χ0n) is 34.9. The molecule has 2 heterocycles. The Hall–Kier alpha value is -4.35. The third-order valence-corrected chi connectivity index (χ3v) is 17.7. The molecule has 0 aliphatic carbocycles. The molecule has 0 bridgehead atoms. The van der Waals surface area contributed by atoms with Crippen molar-refractivity contribution in [3.05, 3.63) is 120 Å². The molecule has 3 atom stereocenters. The van der Waals surface area contributed by atoms with E-state index in [1.165, 1.54) is 0 Å². The molecule has 10 heteroatoms. The summed E-state index contributed by atoms with van der Waals surface area (Å²) in [4.78, 5) is 18.2. The quantitative estimate of drug-likeness (QED) is 0.0772. The molecule has 1 fully saturated rings. The van der Waals surface area contributed by atoms with Crippen LogP contribution in [0.4, 0.5) is 10.5 Å². The molecule has 4 aromatic carbocycles. The Morgan fingerprint density at radius 3 is 2.09 bits per heavy atom. The van der Waals surface area contributed by atoms with Crippen LogP contribution < -0.4 is 14.4 Å². The normalized spacial score (nSPS) is 18.5. The first-order valence-corrected chi connectivity index (χ1v) is 22.8. The summed E-state index contributed by atoms with van der Waals surface area (Å²) in [5, 5.41) is 0. The smallest absolute Gasteiger partial charge is 0.410 e. The first kappa shape index (κ1) is 42.3. The Bertz CT molecular complexity index is 1820. The Balaban J connectivity index is 1.34. The van der Waals surface area contributed by atoms with E-state index < -0.39 is 14.4 Å². The van der Waals surface area contributed by atoms with Crippen molar-refractivity contribution in [2.45, 2.75) is 95.9 Å². The summed E-state index contributed by atoms with van der Waals surface area (Å²) < 4.78 is 38.3. The van der Waals surface area contributed by atoms with Crippen LogP contribution in [0.3, 0.4) is 0 Å². The zero-order chi connectivity index (χ0) is 40.4. The fourth-order valence-electron chi connectivity index (χ4n) is 8.93. The maximum absolute atomic E-state index is 14.0. The molecule has 0 N–H and O–H groups in total. The number of piperidine rings is 1. The van der Waals surface area contributed by atoms with Crippen molar-refractivity contribution >= 4 is 20.1 Å². The predicted octanol–water partition coefficient (Wildman–Crippen LogP) is 10.6. The Morgan fingerprint density at radius 1 is 0.772 bits per heavy atom. The van der Waals surface area contributed by atoms with E-state index in [2.05, 4.69) is 70.7 Å². The number of likely N-dealkylation sites (tertiary alicyclic amines) is 1. The number of fused-ring (bicyclic) bond motifs is 1. The van der Waals surface area contributed by atoms with Crippen molar-refractivity contribution in [2.75, 3.05) is 51.4 Å². The number of anilines is 1. The molecule has 2 aliphatic rings. The van der Waals surface area contributed by atoms with Crippen LogP contribution in [-0.4, -0.2) is 78.0 Å². The topological polar surface area (TPSA) is 78.9 Å². The van der Waals surface area contributed by atoms with E-state index in [4.69, 9.17) is 28.1 Å². The van der Waals surface area contributed by atoms with Crippen LogP contribution in [0.15, 0.2) is 103 Å². The maximum atomic E-state index is 14.0. The predicted molar refractivity (Wildman–Crippen MR) is 229 cm³/mol. The summed E-state index contributed by atoms with van der Waals surface area (Å²) in [6.07, 6.45) is -0.158. The monoisotopic (exact) mass is 794 g/mol. The number of methoxy groups -OCH3 is 1. The summed E-state index contributed by atoms with van der Waals surface area (Å²) in [6.45, 7) is 18.2. The molecule has 306 valence electrons. The number of hydrogen-bond acceptors (Lipinski definition) is 8. The van der Waals surface area contributed by atoms with E-state index in [-0.39, 0.29) is 24.7 Å². The highest BCUT2D eigenvalue weighted by Gasteiger charge is 2.51. The molecular weight excluding hydrogens is 733 g/mol. The number of nitrogens with zero attached hydrogens (tertiary/aromatic N) is 2. The standard InChI is InChI=1S/C47H62N2O7Si/c1-34(2)57(35(3)4,36(5)6)56-45-31-49(47(50)54-32-37-15-10-8-11-16-37)30-44(46(45)39-20-22-41(23-21-39)55-40-17-12-9-13-18-40)53-33-38-19-24-43-42(29-38)48(26-28-52-43)25-14-27-51-7/h8-13,15-24,29,34-36,44-46H,14,25-28,30-33H2,1-7H3. The fraction of sp³-hybridized carbons (Fsp3) is 0.468. The molecule has 0 radical (unpaired) electrons. The highest BCUT2D eigenvalue weighted by atomic mass is 28.4. The number of benzene rings is 4. The van der Waals surface area contributed by atoms with E-state index >= 15 is 0 Å². The summed E-state index contributed by atoms with van der Waals surface area (Å²) in [5.41, 5.74) is 5.19. The lowest BCUT2D eigenvalue weighted by atomic mass is 9.84. The average molecular weight is 795 g/mol. The minimum atomic E-state index is -2.43. The second-order valence-corrected chi connectivity index (χ2v) is 21.7. The number of rotatable bonds is 17. The summed E-state index contributed by atoms with van der Waals surface area (Å²) in [6, 6.07) is 34.3. The summed E-state index contributed by atoms with van der Waals surface area (Å²) in [5.74, 6) is 2.25. The molecule has 0 aromatic heterocycles. The van der Waals surface area contributed by atoms with Crippen LogP contribution in [0, 0.1) is 0 Å². The third-order valence-electron chi connectivity index (χ3n) is 11.6. The van der Waals surface area contributed by atoms with Crippen LogP contribution in [0.25, 0.3) is 0 Å². The van der Waals surface area contributed by atoms with Gasteiger partial charge in [-0.25, -0.2) is 4.79 Å². The van der Waals surface area contributed by atoms with E-state index in [9.17, 15) is 4.79 Å². The van der Waals surface area contributed by atoms with Gasteiger partial charge in [0.15, 0.2) is 0 Å². The van der Waals surface area contributed by atoms with E-state index in [1.807, 2.05) is 78.9 Å². The van der Waals surface area contributed by atoms with Crippen LogP contribution in [0.1, 0.15) is 70.6 Å². The summed E-state index contributed by atoms with van der Waals surface area (Å²) in [7, 11) is -0.689. The fourth-order valence-corrected chi connectivity index (χ4v) is 14.5. The van der Waals surface area contributed by atoms with Gasteiger partial charge < -0.3 is 37.9 Å². The van der Waals surface area contributed by atoms with Gasteiger partial charge in [0, 0.05) is 32.7 Å². The van der Waals surface area contributed by atoms with Gasteiger partial charge in [-0.2, -0.15) is 0 Å². The van der Waals surface area contributed by atoms with Gasteiger partial charge in [0.1, 0.15) is 30.5 Å². The number of amides is 1. The van der Waals surface area contributed by atoms with Gasteiger partial charge in [-0.1, -0.05) is 108 Å². The Kier molecular flexibility index (Phi) is 14.7. The molecule has 1 amide bonds. The van der Waals surface area contributed by atoms with E-state index in [0.29, 0.717) is 49.5 Å².